The SMILES string of the molecule is CCNC(=NCc1cc(Br)cs1)N1CCN(c2ncccn2)CC1.I. The molecular formula is C16H22BrIN6S. The van der Waals surface area contributed by atoms with Crippen LogP contribution in [-0.4, -0.2) is 53.6 Å². The van der Waals surface area contributed by atoms with Gasteiger partial charge in [-0.2, -0.15) is 0 Å². The van der Waals surface area contributed by atoms with E-state index in [1.165, 1.54) is 4.88 Å². The van der Waals surface area contributed by atoms with Crippen LogP contribution >= 0.6 is 51.2 Å². The van der Waals surface area contributed by atoms with Crippen molar-refractivity contribution in [2.75, 3.05) is 37.6 Å². The van der Waals surface area contributed by atoms with Crippen LogP contribution in [-0.2, 0) is 6.54 Å². The van der Waals surface area contributed by atoms with Crippen LogP contribution in [0.4, 0.5) is 5.95 Å². The van der Waals surface area contributed by atoms with Crippen LogP contribution in [0.25, 0.3) is 0 Å². The Bertz CT molecular complexity index is 672. The van der Waals surface area contributed by atoms with Crippen molar-refractivity contribution < 1.29 is 0 Å². The van der Waals surface area contributed by atoms with Gasteiger partial charge in [0.05, 0.1) is 6.54 Å². The predicted octanol–water partition coefficient (Wildman–Crippen LogP) is 3.21. The van der Waals surface area contributed by atoms with Gasteiger partial charge in [0.2, 0.25) is 5.95 Å². The van der Waals surface area contributed by atoms with Crippen molar-refractivity contribution in [1.82, 2.24) is 20.2 Å². The van der Waals surface area contributed by atoms with Crippen LogP contribution in [0.15, 0.2) is 39.4 Å². The van der Waals surface area contributed by atoms with E-state index in [0.717, 1.165) is 49.1 Å². The van der Waals surface area contributed by atoms with Gasteiger partial charge in [-0.05, 0) is 35.0 Å². The molecule has 6 nitrogen and oxygen atoms in total. The van der Waals surface area contributed by atoms with Crippen LogP contribution in [0.3, 0.4) is 0 Å². The molecule has 3 heterocycles. The van der Waals surface area contributed by atoms with Gasteiger partial charge in [0.15, 0.2) is 5.96 Å². The molecular weight excluding hydrogens is 515 g/mol. The number of rotatable bonds is 4. The second kappa shape index (κ2) is 10.3. The maximum atomic E-state index is 4.79. The minimum Gasteiger partial charge on any atom is -0.357 e. The van der Waals surface area contributed by atoms with E-state index in [0.29, 0.717) is 6.54 Å². The molecule has 2 aromatic heterocycles. The summed E-state index contributed by atoms with van der Waals surface area (Å²) in [5.41, 5.74) is 0. The zero-order valence-corrected chi connectivity index (χ0v) is 18.8. The minimum atomic E-state index is 0. The van der Waals surface area contributed by atoms with Gasteiger partial charge in [0.1, 0.15) is 0 Å². The second-order valence-corrected chi connectivity index (χ2v) is 7.34. The highest BCUT2D eigenvalue weighted by Gasteiger charge is 2.21. The summed E-state index contributed by atoms with van der Waals surface area (Å²) in [5, 5.41) is 5.50. The molecule has 136 valence electrons. The molecule has 9 heteroatoms. The summed E-state index contributed by atoms with van der Waals surface area (Å²) in [6.07, 6.45) is 3.58. The molecule has 1 N–H and O–H groups in total. The van der Waals surface area contributed by atoms with Crippen LogP contribution < -0.4 is 10.2 Å². The number of hydrogen-bond donors (Lipinski definition) is 1. The molecule has 0 radical (unpaired) electrons. The van der Waals surface area contributed by atoms with Gasteiger partial charge in [-0.15, -0.1) is 35.3 Å². The topological polar surface area (TPSA) is 56.7 Å². The van der Waals surface area contributed by atoms with Crippen LogP contribution in [0, 0.1) is 0 Å². The normalized spacial score (nSPS) is 15.0. The van der Waals surface area contributed by atoms with E-state index in [2.05, 4.69) is 59.4 Å². The maximum absolute atomic E-state index is 4.79. The molecule has 0 spiro atoms. The largest absolute Gasteiger partial charge is 0.357 e. The van der Waals surface area contributed by atoms with Gasteiger partial charge in [0.25, 0.3) is 0 Å². The highest BCUT2D eigenvalue weighted by atomic mass is 127. The Morgan fingerprint density at radius 3 is 2.60 bits per heavy atom. The van der Waals surface area contributed by atoms with Gasteiger partial charge < -0.3 is 15.1 Å². The lowest BCUT2D eigenvalue weighted by Gasteiger charge is -2.36. The van der Waals surface area contributed by atoms with Gasteiger partial charge >= 0.3 is 0 Å². The third kappa shape index (κ3) is 5.78. The molecule has 0 atom stereocenters. The summed E-state index contributed by atoms with van der Waals surface area (Å²) in [4.78, 5) is 19.2. The number of halogens is 2. The van der Waals surface area contributed by atoms with E-state index in [1.54, 1.807) is 23.7 Å². The van der Waals surface area contributed by atoms with Crippen molar-refractivity contribution in [2.45, 2.75) is 13.5 Å². The Morgan fingerprint density at radius 1 is 1.28 bits per heavy atom. The Morgan fingerprint density at radius 2 is 2.00 bits per heavy atom. The lowest BCUT2D eigenvalue weighted by atomic mass is 10.3. The Hall–Kier alpha value is -0.940. The van der Waals surface area contributed by atoms with Gasteiger partial charge in [-0.3, -0.25) is 0 Å². The van der Waals surface area contributed by atoms with Crippen LogP contribution in [0.2, 0.25) is 0 Å². The fraction of sp³-hybridized carbons (Fsp3) is 0.438. The van der Waals surface area contributed by atoms with Crippen LogP contribution in [0.1, 0.15) is 11.8 Å². The summed E-state index contributed by atoms with van der Waals surface area (Å²) in [5.74, 6) is 1.79. The molecule has 2 aromatic rings. The first-order valence-electron chi connectivity index (χ1n) is 8.04. The number of nitrogens with one attached hydrogen (secondary N) is 1. The molecule has 0 aromatic carbocycles. The number of thiophene rings is 1. The van der Waals surface area contributed by atoms with Gasteiger partial charge in [-0.25, -0.2) is 15.0 Å². The standard InChI is InChI=1S/C16H21BrN6S.HI/c1-2-18-15(21-11-14-10-13(17)12-24-14)22-6-8-23(9-7-22)16-19-4-3-5-20-16;/h3-5,10,12H,2,6-9,11H2,1H3,(H,18,21);1H. The van der Waals surface area contributed by atoms with Crippen molar-refractivity contribution in [3.05, 3.63) is 39.3 Å². The summed E-state index contributed by atoms with van der Waals surface area (Å²) >= 11 is 5.22. The summed E-state index contributed by atoms with van der Waals surface area (Å²) < 4.78 is 1.12. The number of aromatic nitrogens is 2. The van der Waals surface area contributed by atoms with Crippen molar-refractivity contribution >= 4 is 63.2 Å². The predicted molar refractivity (Wildman–Crippen MR) is 118 cm³/mol. The number of nitrogens with zero attached hydrogens (tertiary/aromatic N) is 5. The monoisotopic (exact) mass is 536 g/mol. The van der Waals surface area contributed by atoms with Gasteiger partial charge in [0, 0.05) is 59.8 Å². The number of guanidine groups is 1. The highest BCUT2D eigenvalue weighted by molar-refractivity contribution is 14.0. The molecule has 0 bridgehead atoms. The second-order valence-electron chi connectivity index (χ2n) is 5.42. The third-order valence-corrected chi connectivity index (χ3v) is 5.44. The molecule has 1 aliphatic heterocycles. The summed E-state index contributed by atoms with van der Waals surface area (Å²) in [6, 6.07) is 3.97. The molecule has 0 unspecified atom stereocenters. The molecule has 1 saturated heterocycles. The lowest BCUT2D eigenvalue weighted by molar-refractivity contribution is 0.370. The number of piperazine rings is 1. The van der Waals surface area contributed by atoms with Crippen molar-refractivity contribution in [3.8, 4) is 0 Å². The van der Waals surface area contributed by atoms with Crippen LogP contribution in [0.5, 0.6) is 0 Å². The molecule has 25 heavy (non-hydrogen) atoms. The van der Waals surface area contributed by atoms with Crippen molar-refractivity contribution in [2.24, 2.45) is 4.99 Å². The third-order valence-electron chi connectivity index (χ3n) is 3.76. The molecule has 0 amide bonds. The molecule has 0 saturated carbocycles. The summed E-state index contributed by atoms with van der Waals surface area (Å²) in [7, 11) is 0. The van der Waals surface area contributed by atoms with E-state index >= 15 is 0 Å². The highest BCUT2D eigenvalue weighted by Crippen LogP contribution is 2.20. The number of aliphatic imine (C=N–C) groups is 1. The van der Waals surface area contributed by atoms with E-state index in [1.807, 2.05) is 6.07 Å². The van der Waals surface area contributed by atoms with Gasteiger partial charge in [-0.1, -0.05) is 0 Å². The van der Waals surface area contributed by atoms with E-state index in [4.69, 9.17) is 4.99 Å². The van der Waals surface area contributed by atoms with E-state index in [9.17, 15) is 0 Å². The smallest absolute Gasteiger partial charge is 0.225 e. The Labute approximate surface area is 177 Å². The molecule has 3 rings (SSSR count). The van der Waals surface area contributed by atoms with E-state index in [-0.39, 0.29) is 24.0 Å². The van der Waals surface area contributed by atoms with Crippen molar-refractivity contribution in [1.29, 1.82) is 0 Å². The maximum Gasteiger partial charge on any atom is 0.225 e. The summed E-state index contributed by atoms with van der Waals surface area (Å²) in [6.45, 7) is 7.31. The van der Waals surface area contributed by atoms with E-state index < -0.39 is 0 Å². The fourth-order valence-corrected chi connectivity index (χ4v) is 3.96. The minimum absolute atomic E-state index is 0. The number of hydrogen-bond acceptors (Lipinski definition) is 5. The first-order chi connectivity index (χ1) is 11.8. The molecule has 1 fully saturated rings. The fourth-order valence-electron chi connectivity index (χ4n) is 2.59. The first kappa shape index (κ1) is 20.4. The van der Waals surface area contributed by atoms with Crippen molar-refractivity contribution in [3.63, 3.8) is 0 Å². The Balaban J connectivity index is 0.00000225. The zero-order valence-electron chi connectivity index (χ0n) is 14.1. The quantitative estimate of drug-likeness (QED) is 0.369. The average Bonchev–Trinajstić information content (AvgIpc) is 3.05. The first-order valence-corrected chi connectivity index (χ1v) is 9.71. The molecule has 1 aliphatic rings. The molecule has 0 aliphatic carbocycles. The zero-order chi connectivity index (χ0) is 16.8. The number of anilines is 1. The lowest BCUT2D eigenvalue weighted by Crippen LogP contribution is -2.52. The average molecular weight is 537 g/mol. The Kier molecular flexibility index (Phi) is 8.37.